The molecule has 1 saturated heterocycles. The van der Waals surface area contributed by atoms with Gasteiger partial charge in [0.2, 0.25) is 0 Å². The molecule has 2 atom stereocenters. The van der Waals surface area contributed by atoms with E-state index < -0.39 is 0 Å². The molecule has 0 radical (unpaired) electrons. The van der Waals surface area contributed by atoms with Gasteiger partial charge in [-0.05, 0) is 62.1 Å². The number of hydrazine groups is 1. The van der Waals surface area contributed by atoms with Gasteiger partial charge in [-0.1, -0.05) is 30.3 Å². The molecule has 0 aliphatic carbocycles. The summed E-state index contributed by atoms with van der Waals surface area (Å²) in [6, 6.07) is 18.7. The average molecular weight is 422 g/mol. The van der Waals surface area contributed by atoms with Crippen LogP contribution in [0.4, 0.5) is 4.39 Å². The van der Waals surface area contributed by atoms with Gasteiger partial charge in [-0.15, -0.1) is 0 Å². The topological polar surface area (TPSA) is 62.2 Å². The minimum Gasteiger partial charge on any atom is -0.340 e. The second kappa shape index (κ2) is 9.41. The van der Waals surface area contributed by atoms with E-state index in [2.05, 4.69) is 16.0 Å². The van der Waals surface area contributed by atoms with E-state index in [4.69, 9.17) is 0 Å². The average Bonchev–Trinajstić information content (AvgIpc) is 3.40. The summed E-state index contributed by atoms with van der Waals surface area (Å²) in [7, 11) is 1.81. The predicted molar refractivity (Wildman–Crippen MR) is 118 cm³/mol. The molecule has 2 unspecified atom stereocenters. The van der Waals surface area contributed by atoms with Crippen LogP contribution in [0.3, 0.4) is 0 Å². The molecule has 2 aromatic carbocycles. The molecule has 2 heterocycles. The van der Waals surface area contributed by atoms with Crippen LogP contribution in [0.15, 0.2) is 60.7 Å². The highest BCUT2D eigenvalue weighted by Crippen LogP contribution is 2.24. The highest BCUT2D eigenvalue weighted by Gasteiger charge is 2.25. The minimum atomic E-state index is -0.215. The Kier molecular flexibility index (Phi) is 6.44. The van der Waals surface area contributed by atoms with E-state index in [9.17, 15) is 9.18 Å². The molecule has 162 valence electrons. The van der Waals surface area contributed by atoms with E-state index in [0.29, 0.717) is 12.2 Å². The summed E-state index contributed by atoms with van der Waals surface area (Å²) >= 11 is 0. The summed E-state index contributed by atoms with van der Waals surface area (Å²) < 4.78 is 15.2. The number of benzene rings is 2. The van der Waals surface area contributed by atoms with Gasteiger partial charge in [0.15, 0.2) is 5.69 Å². The highest BCUT2D eigenvalue weighted by molar-refractivity contribution is 5.92. The third-order valence-electron chi connectivity index (χ3n) is 5.73. The van der Waals surface area contributed by atoms with Crippen LogP contribution in [0.1, 0.15) is 47.1 Å². The number of para-hydroxylation sites is 1. The molecule has 0 spiro atoms. The summed E-state index contributed by atoms with van der Waals surface area (Å²) in [6.45, 7) is 2.60. The normalized spacial score (nSPS) is 18.3. The molecule has 1 aliphatic heterocycles. The molecular weight excluding hydrogens is 393 g/mol. The van der Waals surface area contributed by atoms with Crippen molar-refractivity contribution in [3.8, 4) is 5.69 Å². The summed E-state index contributed by atoms with van der Waals surface area (Å²) in [5.74, 6) is -0.291. The van der Waals surface area contributed by atoms with Gasteiger partial charge in [0.25, 0.3) is 5.91 Å². The van der Waals surface area contributed by atoms with Crippen LogP contribution >= 0.6 is 0 Å². The predicted octanol–water partition coefficient (Wildman–Crippen LogP) is 3.78. The Bertz CT molecular complexity index is 1040. The second-order valence-corrected chi connectivity index (χ2v) is 8.12. The number of nitrogens with zero attached hydrogens (tertiary/aromatic N) is 3. The molecule has 3 aromatic rings. The fraction of sp³-hybridized carbons (Fsp3) is 0.333. The third kappa shape index (κ3) is 5.00. The maximum atomic E-state index is 13.5. The van der Waals surface area contributed by atoms with Gasteiger partial charge in [-0.3, -0.25) is 15.6 Å². The summed E-state index contributed by atoms with van der Waals surface area (Å²) in [5, 5.41) is 4.51. The fourth-order valence-electron chi connectivity index (χ4n) is 4.04. The largest absolute Gasteiger partial charge is 0.340 e. The van der Waals surface area contributed by atoms with Gasteiger partial charge >= 0.3 is 0 Å². The Morgan fingerprint density at radius 1 is 1.16 bits per heavy atom. The van der Waals surface area contributed by atoms with Crippen molar-refractivity contribution in [3.05, 3.63) is 83.4 Å². The lowest BCUT2D eigenvalue weighted by molar-refractivity contribution is 0.0785. The molecule has 1 aliphatic rings. The Morgan fingerprint density at radius 3 is 2.74 bits per heavy atom. The maximum absolute atomic E-state index is 13.5. The van der Waals surface area contributed by atoms with Crippen molar-refractivity contribution in [2.45, 2.75) is 38.3 Å². The number of aryl methyl sites for hydroxylation is 1. The van der Waals surface area contributed by atoms with Gasteiger partial charge in [-0.25, -0.2) is 9.07 Å². The Morgan fingerprint density at radius 2 is 1.97 bits per heavy atom. The van der Waals surface area contributed by atoms with Crippen molar-refractivity contribution in [2.24, 2.45) is 0 Å². The molecule has 4 rings (SSSR count). The van der Waals surface area contributed by atoms with E-state index in [-0.39, 0.29) is 23.8 Å². The number of nitrogens with one attached hydrogen (secondary N) is 2. The number of hydrogen-bond donors (Lipinski definition) is 2. The first-order valence-electron chi connectivity index (χ1n) is 10.7. The fourth-order valence-corrected chi connectivity index (χ4v) is 4.04. The molecule has 2 N–H and O–H groups in total. The Labute approximate surface area is 182 Å². The number of carbonyl (C=O) groups excluding carboxylic acids is 1. The number of rotatable bonds is 7. The summed E-state index contributed by atoms with van der Waals surface area (Å²) in [4.78, 5) is 14.5. The quantitative estimate of drug-likeness (QED) is 0.610. The van der Waals surface area contributed by atoms with Crippen LogP contribution in [-0.4, -0.2) is 40.2 Å². The van der Waals surface area contributed by atoms with Crippen LogP contribution in [0, 0.1) is 12.7 Å². The molecule has 7 heteroatoms. The van der Waals surface area contributed by atoms with Gasteiger partial charge in [0.05, 0.1) is 5.69 Å². The zero-order valence-corrected chi connectivity index (χ0v) is 17.9. The molecule has 6 nitrogen and oxygen atoms in total. The summed E-state index contributed by atoms with van der Waals surface area (Å²) in [6.07, 6.45) is 2.69. The number of hydrogen-bond acceptors (Lipinski definition) is 4. The number of aromatic nitrogens is 2. The second-order valence-electron chi connectivity index (χ2n) is 8.12. The van der Waals surface area contributed by atoms with Crippen LogP contribution in [0.25, 0.3) is 5.69 Å². The first kappa shape index (κ1) is 21.2. The van der Waals surface area contributed by atoms with Crippen LogP contribution < -0.4 is 10.9 Å². The molecule has 0 bridgehead atoms. The zero-order chi connectivity index (χ0) is 21.8. The van der Waals surface area contributed by atoms with Crippen LogP contribution in [0.5, 0.6) is 0 Å². The minimum absolute atomic E-state index is 0.0760. The first-order chi connectivity index (χ1) is 15.0. The molecular formula is C24H28FN5O. The smallest absolute Gasteiger partial charge is 0.274 e. The van der Waals surface area contributed by atoms with Crippen LogP contribution in [0.2, 0.25) is 0 Å². The van der Waals surface area contributed by atoms with Crippen LogP contribution in [-0.2, 0) is 0 Å². The zero-order valence-electron chi connectivity index (χ0n) is 17.9. The Balaban J connectivity index is 1.28. The number of halogens is 1. The Hall–Kier alpha value is -3.03. The van der Waals surface area contributed by atoms with Gasteiger partial charge in [-0.2, -0.15) is 5.10 Å². The van der Waals surface area contributed by atoms with Crippen molar-refractivity contribution in [1.29, 1.82) is 0 Å². The van der Waals surface area contributed by atoms with Crippen molar-refractivity contribution in [1.82, 2.24) is 25.5 Å². The van der Waals surface area contributed by atoms with E-state index in [1.54, 1.807) is 21.7 Å². The van der Waals surface area contributed by atoms with Crippen molar-refractivity contribution < 1.29 is 9.18 Å². The van der Waals surface area contributed by atoms with E-state index in [0.717, 1.165) is 36.2 Å². The van der Waals surface area contributed by atoms with Crippen molar-refractivity contribution in [2.75, 3.05) is 13.6 Å². The van der Waals surface area contributed by atoms with Gasteiger partial charge < -0.3 is 4.90 Å². The van der Waals surface area contributed by atoms with Crippen molar-refractivity contribution >= 4 is 5.91 Å². The lowest BCUT2D eigenvalue weighted by atomic mass is 9.99. The molecule has 1 amide bonds. The third-order valence-corrected chi connectivity index (χ3v) is 5.73. The standard InChI is InChI=1S/C24H28FN5O/c1-17-14-23(28-30(17)21-11-4-3-5-12-21)24(31)29(2)13-7-10-20-16-22(27-26-20)18-8-6-9-19(25)15-18/h3-6,8-9,11-12,14-15,20,22,26-27H,7,10,13,16H2,1-2H3. The highest BCUT2D eigenvalue weighted by atomic mass is 19.1. The molecule has 1 fully saturated rings. The summed E-state index contributed by atoms with van der Waals surface area (Å²) in [5.41, 5.74) is 9.82. The van der Waals surface area contributed by atoms with Gasteiger partial charge in [0, 0.05) is 31.4 Å². The molecule has 1 aromatic heterocycles. The van der Waals surface area contributed by atoms with Gasteiger partial charge in [0.1, 0.15) is 5.82 Å². The molecule has 0 saturated carbocycles. The van der Waals surface area contributed by atoms with E-state index >= 15 is 0 Å². The first-order valence-corrected chi connectivity index (χ1v) is 10.7. The number of amides is 1. The number of carbonyl (C=O) groups is 1. The monoisotopic (exact) mass is 421 g/mol. The maximum Gasteiger partial charge on any atom is 0.274 e. The SMILES string of the molecule is Cc1cc(C(=O)N(C)CCCC2CC(c3cccc(F)c3)NN2)nn1-c1ccccc1. The van der Waals surface area contributed by atoms with E-state index in [1.165, 1.54) is 6.07 Å². The lowest BCUT2D eigenvalue weighted by Crippen LogP contribution is -2.32. The van der Waals surface area contributed by atoms with E-state index in [1.807, 2.05) is 56.4 Å². The molecule has 31 heavy (non-hydrogen) atoms. The van der Waals surface area contributed by atoms with Crippen molar-refractivity contribution in [3.63, 3.8) is 0 Å². The lowest BCUT2D eigenvalue weighted by Gasteiger charge is -2.17.